The minimum atomic E-state index is -2.55. The molecule has 0 fully saturated rings. The van der Waals surface area contributed by atoms with Gasteiger partial charge in [-0.3, -0.25) is 4.90 Å². The highest BCUT2D eigenvalue weighted by atomic mass is 32.2. The molecule has 7 heteroatoms. The molecule has 1 aliphatic heterocycles. The number of rotatable bonds is 12. The third-order valence-corrected chi connectivity index (χ3v) is 6.92. The fourth-order valence-corrected chi connectivity index (χ4v) is 4.96. The third kappa shape index (κ3) is 7.23. The first-order valence-corrected chi connectivity index (χ1v) is 12.8. The molecule has 0 bridgehead atoms. The van der Waals surface area contributed by atoms with Gasteiger partial charge in [0.25, 0.3) is 6.43 Å². The lowest BCUT2D eigenvalue weighted by Crippen LogP contribution is -2.27. The third-order valence-electron chi connectivity index (χ3n) is 5.91. The monoisotopic (exact) mass is 492 g/mol. The molecule has 1 aliphatic rings. The van der Waals surface area contributed by atoms with Crippen LogP contribution in [0.25, 0.3) is 0 Å². The van der Waals surface area contributed by atoms with E-state index in [0.717, 1.165) is 48.7 Å². The van der Waals surface area contributed by atoms with Gasteiger partial charge in [-0.1, -0.05) is 79.7 Å². The topological polar surface area (TPSA) is 31.2 Å². The quantitative estimate of drug-likeness (QED) is 0.264. The predicted octanol–water partition coefficient (Wildman–Crippen LogP) is 6.68. The number of hydrogen-bond donors (Lipinski definition) is 0. The average Bonchev–Trinajstić information content (AvgIpc) is 3.40. The summed E-state index contributed by atoms with van der Waals surface area (Å²) in [6.45, 7) is 5.89. The van der Waals surface area contributed by atoms with Crippen molar-refractivity contribution in [3.8, 4) is 0 Å². The van der Waals surface area contributed by atoms with Crippen molar-refractivity contribution in [1.29, 1.82) is 0 Å². The second-order valence-electron chi connectivity index (χ2n) is 8.37. The summed E-state index contributed by atoms with van der Waals surface area (Å²) in [5.74, 6) is 0.970. The summed E-state index contributed by atoms with van der Waals surface area (Å²) < 4.78 is 28.0. The molecule has 1 heterocycles. The lowest BCUT2D eigenvalue weighted by atomic mass is 10.0. The normalized spacial score (nSPS) is 13.3. The number of anilines is 1. The molecule has 0 N–H and O–H groups in total. The van der Waals surface area contributed by atoms with Crippen LogP contribution in [0.2, 0.25) is 0 Å². The Morgan fingerprint density at radius 3 is 2.11 bits per heavy atom. The first kappa shape index (κ1) is 25.1. The lowest BCUT2D eigenvalue weighted by Gasteiger charge is -2.26. The van der Waals surface area contributed by atoms with E-state index >= 15 is 0 Å². The van der Waals surface area contributed by atoms with Crippen molar-refractivity contribution >= 4 is 29.1 Å². The smallest absolute Gasteiger partial charge is 0.278 e. The van der Waals surface area contributed by atoms with Gasteiger partial charge in [-0.2, -0.15) is 10.2 Å². The molecule has 0 spiro atoms. The summed E-state index contributed by atoms with van der Waals surface area (Å²) in [5, 5.41) is 7.57. The van der Waals surface area contributed by atoms with Gasteiger partial charge < -0.3 is 4.31 Å². The summed E-state index contributed by atoms with van der Waals surface area (Å²) in [7, 11) is 0. The van der Waals surface area contributed by atoms with E-state index in [1.54, 1.807) is 0 Å². The summed E-state index contributed by atoms with van der Waals surface area (Å²) in [5.41, 5.74) is 4.91. The molecule has 4 rings (SSSR count). The Morgan fingerprint density at radius 2 is 1.49 bits per heavy atom. The molecule has 0 unspecified atom stereocenters. The fraction of sp³-hybridized carbons (Fsp3) is 0.286. The Kier molecular flexibility index (Phi) is 9.03. The number of benzene rings is 3. The van der Waals surface area contributed by atoms with Crippen LogP contribution in [0.1, 0.15) is 30.0 Å². The zero-order valence-corrected chi connectivity index (χ0v) is 20.7. The van der Waals surface area contributed by atoms with Gasteiger partial charge in [0.05, 0.1) is 12.3 Å². The van der Waals surface area contributed by atoms with E-state index in [1.165, 1.54) is 5.56 Å². The van der Waals surface area contributed by atoms with Crippen molar-refractivity contribution in [1.82, 2.24) is 4.90 Å². The Bertz CT molecular complexity index is 1120. The molecule has 0 saturated carbocycles. The molecule has 35 heavy (non-hydrogen) atoms. The van der Waals surface area contributed by atoms with Crippen molar-refractivity contribution in [3.63, 3.8) is 0 Å². The highest BCUT2D eigenvalue weighted by Crippen LogP contribution is 2.26. The maximum atomic E-state index is 12.9. The van der Waals surface area contributed by atoms with Crippen molar-refractivity contribution < 1.29 is 8.78 Å². The molecule has 4 nitrogen and oxygen atoms in total. The molecule has 0 atom stereocenters. The van der Waals surface area contributed by atoms with Crippen LogP contribution in [0.3, 0.4) is 0 Å². The highest BCUT2D eigenvalue weighted by molar-refractivity contribution is 8.00. The van der Waals surface area contributed by atoms with Crippen molar-refractivity contribution in [2.45, 2.75) is 32.9 Å². The number of nitrogens with zero attached hydrogens (tertiary/aromatic N) is 4. The number of para-hydroxylation sites is 1. The minimum absolute atomic E-state index is 0.111. The largest absolute Gasteiger partial charge is 0.312 e. The van der Waals surface area contributed by atoms with Gasteiger partial charge in [-0.25, -0.2) is 8.78 Å². The first-order chi connectivity index (χ1) is 17.1. The van der Waals surface area contributed by atoms with Gasteiger partial charge in [0.15, 0.2) is 0 Å². The van der Waals surface area contributed by atoms with Gasteiger partial charge >= 0.3 is 0 Å². The molecular weight excluding hydrogens is 462 g/mol. The second-order valence-corrected chi connectivity index (χ2v) is 9.48. The Hall–Kier alpha value is -3.03. The van der Waals surface area contributed by atoms with Crippen LogP contribution in [-0.4, -0.2) is 41.6 Å². The zero-order valence-electron chi connectivity index (χ0n) is 19.9. The van der Waals surface area contributed by atoms with E-state index in [9.17, 15) is 8.78 Å². The SMILES string of the molecule is CCN(CCSN(Cc1ccc(C2=NN=C(C(F)F)C2)cc1)c1ccccc1)Cc1ccccc1. The summed E-state index contributed by atoms with van der Waals surface area (Å²) in [6.07, 6.45) is -2.44. The highest BCUT2D eigenvalue weighted by Gasteiger charge is 2.21. The van der Waals surface area contributed by atoms with Crippen LogP contribution in [-0.2, 0) is 13.1 Å². The van der Waals surface area contributed by atoms with Gasteiger partial charge in [0.2, 0.25) is 0 Å². The lowest BCUT2D eigenvalue weighted by molar-refractivity contribution is 0.224. The maximum Gasteiger partial charge on any atom is 0.278 e. The molecular formula is C28H30F2N4S. The van der Waals surface area contributed by atoms with Crippen LogP contribution < -0.4 is 4.31 Å². The number of halogens is 2. The number of alkyl halides is 2. The van der Waals surface area contributed by atoms with E-state index in [2.05, 4.69) is 80.9 Å². The molecule has 182 valence electrons. The molecule has 3 aromatic rings. The van der Waals surface area contributed by atoms with Crippen LogP contribution in [0, 0.1) is 0 Å². The fourth-order valence-electron chi connectivity index (χ4n) is 3.89. The van der Waals surface area contributed by atoms with Crippen molar-refractivity contribution in [3.05, 3.63) is 102 Å². The Balaban J connectivity index is 1.37. The molecule has 0 saturated heterocycles. The van der Waals surface area contributed by atoms with E-state index in [4.69, 9.17) is 0 Å². The maximum absolute atomic E-state index is 12.9. The van der Waals surface area contributed by atoms with Crippen LogP contribution in [0.15, 0.2) is 95.1 Å². The van der Waals surface area contributed by atoms with E-state index < -0.39 is 6.43 Å². The summed E-state index contributed by atoms with van der Waals surface area (Å²) >= 11 is 1.82. The summed E-state index contributed by atoms with van der Waals surface area (Å²) in [6, 6.07) is 28.9. The molecule has 3 aromatic carbocycles. The standard InChI is InChI=1S/C28H30F2N4S/c1-2-33(20-22-9-5-3-6-10-22)17-18-35-34(25-11-7-4-8-12-25)21-23-13-15-24(16-14-23)26-19-27(28(29)30)32-31-26/h3-16,28H,2,17-21H2,1H3. The van der Waals surface area contributed by atoms with E-state index in [0.29, 0.717) is 5.71 Å². The van der Waals surface area contributed by atoms with E-state index in [1.807, 2.05) is 42.3 Å². The van der Waals surface area contributed by atoms with Gasteiger partial charge in [0, 0.05) is 31.0 Å². The molecule has 0 radical (unpaired) electrons. The van der Waals surface area contributed by atoms with E-state index in [-0.39, 0.29) is 12.1 Å². The first-order valence-electron chi connectivity index (χ1n) is 11.8. The van der Waals surface area contributed by atoms with Gasteiger partial charge in [-0.15, -0.1) is 0 Å². The second kappa shape index (κ2) is 12.6. The molecule has 0 aliphatic carbocycles. The van der Waals surface area contributed by atoms with Crippen LogP contribution in [0.5, 0.6) is 0 Å². The number of hydrogen-bond acceptors (Lipinski definition) is 5. The molecule has 0 amide bonds. The van der Waals surface area contributed by atoms with Gasteiger partial charge in [-0.05, 0) is 47.3 Å². The van der Waals surface area contributed by atoms with Crippen molar-refractivity contribution in [2.75, 3.05) is 23.1 Å². The molecule has 0 aromatic heterocycles. The average molecular weight is 493 g/mol. The Morgan fingerprint density at radius 1 is 0.829 bits per heavy atom. The van der Waals surface area contributed by atoms with Crippen LogP contribution >= 0.6 is 11.9 Å². The zero-order chi connectivity index (χ0) is 24.5. The predicted molar refractivity (Wildman–Crippen MR) is 144 cm³/mol. The summed E-state index contributed by atoms with van der Waals surface area (Å²) in [4.78, 5) is 2.46. The van der Waals surface area contributed by atoms with Crippen molar-refractivity contribution in [2.24, 2.45) is 10.2 Å². The Labute approximate surface area is 210 Å². The van der Waals surface area contributed by atoms with Gasteiger partial charge in [0.1, 0.15) is 5.71 Å². The minimum Gasteiger partial charge on any atom is -0.312 e. The van der Waals surface area contributed by atoms with Crippen LogP contribution in [0.4, 0.5) is 14.5 Å².